The molecule has 0 saturated carbocycles. The maximum absolute atomic E-state index is 4.81. The lowest BCUT2D eigenvalue weighted by atomic mass is 10.1. The topological polar surface area (TPSA) is 33.6 Å². The van der Waals surface area contributed by atoms with Gasteiger partial charge in [-0.3, -0.25) is 9.01 Å². The van der Waals surface area contributed by atoms with E-state index in [0.29, 0.717) is 0 Å². The first kappa shape index (κ1) is 9.06. The molecule has 1 N–H and O–H groups in total. The van der Waals surface area contributed by atoms with Gasteiger partial charge in [0.2, 0.25) is 12.2 Å². The van der Waals surface area contributed by atoms with Crippen LogP contribution in [-0.4, -0.2) is 5.84 Å². The molecule has 1 aromatic carbocycles. The quantitative estimate of drug-likeness (QED) is 0.643. The minimum Gasteiger partial charge on any atom is -0.297 e. The number of amidine groups is 1. The van der Waals surface area contributed by atoms with E-state index in [4.69, 9.17) is 4.28 Å². The van der Waals surface area contributed by atoms with Crippen LogP contribution in [0.1, 0.15) is 5.56 Å². The van der Waals surface area contributed by atoms with Gasteiger partial charge in [-0.1, -0.05) is 23.4 Å². The van der Waals surface area contributed by atoms with Crippen LogP contribution in [0.3, 0.4) is 0 Å². The van der Waals surface area contributed by atoms with Crippen molar-refractivity contribution < 1.29 is 4.28 Å². The van der Waals surface area contributed by atoms with E-state index < -0.39 is 0 Å². The Hall–Kier alpha value is -1.20. The van der Waals surface area contributed by atoms with Crippen molar-refractivity contribution in [2.75, 3.05) is 0 Å². The van der Waals surface area contributed by atoms with Gasteiger partial charge in [0.25, 0.3) is 0 Å². The van der Waals surface area contributed by atoms with Crippen molar-refractivity contribution in [3.8, 4) is 0 Å². The Morgan fingerprint density at radius 3 is 3.13 bits per heavy atom. The van der Waals surface area contributed by atoms with Crippen LogP contribution in [0.4, 0.5) is 0 Å². The van der Waals surface area contributed by atoms with E-state index in [1.165, 1.54) is 15.6 Å². The number of benzene rings is 1. The number of oxime groups is 1. The van der Waals surface area contributed by atoms with Crippen molar-refractivity contribution in [2.24, 2.45) is 5.16 Å². The molecular formula is C10H8N2OS2. The summed E-state index contributed by atoms with van der Waals surface area (Å²) in [5.74, 6) is 0.878. The third-order valence-electron chi connectivity index (χ3n) is 2.26. The maximum Gasteiger partial charge on any atom is 0.208 e. The molecule has 0 saturated heterocycles. The Bertz CT molecular complexity index is 521. The minimum absolute atomic E-state index is 0.803. The summed E-state index contributed by atoms with van der Waals surface area (Å²) in [6.07, 6.45) is 0.803. The van der Waals surface area contributed by atoms with Crippen LogP contribution in [0.2, 0.25) is 0 Å². The van der Waals surface area contributed by atoms with Crippen LogP contribution in [0.5, 0.6) is 0 Å². The average Bonchev–Trinajstić information content (AvgIpc) is 2.89. The first-order valence-electron chi connectivity index (χ1n) is 4.54. The van der Waals surface area contributed by atoms with Gasteiger partial charge in [0, 0.05) is 11.1 Å². The number of nitrogens with zero attached hydrogens (tertiary/aromatic N) is 1. The predicted molar refractivity (Wildman–Crippen MR) is 64.8 cm³/mol. The fourth-order valence-electron chi connectivity index (χ4n) is 1.57. The Balaban J connectivity index is 1.97. The summed E-state index contributed by atoms with van der Waals surface area (Å²) in [6.45, 7) is 0. The molecular weight excluding hydrogens is 228 g/mol. The monoisotopic (exact) mass is 236 g/mol. The van der Waals surface area contributed by atoms with Gasteiger partial charge in [0.05, 0.1) is 0 Å². The summed E-state index contributed by atoms with van der Waals surface area (Å²) in [5.41, 5.74) is 1.30. The van der Waals surface area contributed by atoms with E-state index in [1.807, 2.05) is 0 Å². The molecule has 2 heterocycles. The van der Waals surface area contributed by atoms with Crippen molar-refractivity contribution in [2.45, 2.75) is 6.42 Å². The van der Waals surface area contributed by atoms with E-state index in [2.05, 4.69) is 39.5 Å². The molecule has 76 valence electrons. The molecule has 3 rings (SSSR count). The van der Waals surface area contributed by atoms with Gasteiger partial charge in [-0.15, -0.1) is 11.3 Å². The first-order chi connectivity index (χ1) is 7.43. The van der Waals surface area contributed by atoms with E-state index in [1.54, 1.807) is 11.3 Å². The Labute approximate surface area is 95.5 Å². The highest BCUT2D eigenvalue weighted by atomic mass is 32.2. The van der Waals surface area contributed by atoms with Gasteiger partial charge < -0.3 is 0 Å². The van der Waals surface area contributed by atoms with Crippen molar-refractivity contribution in [1.29, 1.82) is 0 Å². The molecule has 1 aliphatic heterocycles. The number of rotatable bonds is 2. The van der Waals surface area contributed by atoms with Crippen LogP contribution in [0, 0.1) is 0 Å². The molecule has 0 bridgehead atoms. The number of hydrogen-bond donors (Lipinski definition) is 1. The zero-order valence-electron chi connectivity index (χ0n) is 7.77. The highest BCUT2D eigenvalue weighted by Crippen LogP contribution is 2.26. The SMILES string of the molecule is c1ccc2c(CC3=NOSN3)csc2c1. The molecule has 2 aromatic rings. The molecule has 0 amide bonds. The van der Waals surface area contributed by atoms with Crippen LogP contribution in [0.15, 0.2) is 34.8 Å². The highest BCUT2D eigenvalue weighted by molar-refractivity contribution is 7.93. The summed E-state index contributed by atoms with van der Waals surface area (Å²) in [7, 11) is 0. The number of fused-ring (bicyclic) bond motifs is 1. The van der Waals surface area contributed by atoms with Crippen molar-refractivity contribution >= 4 is 39.5 Å². The Morgan fingerprint density at radius 1 is 1.33 bits per heavy atom. The molecule has 0 radical (unpaired) electrons. The molecule has 0 unspecified atom stereocenters. The lowest BCUT2D eigenvalue weighted by Gasteiger charge is -1.97. The lowest BCUT2D eigenvalue weighted by molar-refractivity contribution is 0.415. The molecule has 1 aliphatic rings. The van der Waals surface area contributed by atoms with Crippen molar-refractivity contribution in [3.05, 3.63) is 35.2 Å². The van der Waals surface area contributed by atoms with Crippen LogP contribution < -0.4 is 4.72 Å². The predicted octanol–water partition coefficient (Wildman–Crippen LogP) is 2.94. The summed E-state index contributed by atoms with van der Waals surface area (Å²) >= 11 is 2.93. The first-order valence-corrected chi connectivity index (χ1v) is 6.16. The average molecular weight is 236 g/mol. The standard InChI is InChI=1S/C10H8N2OS2/c1-2-4-9-8(3-1)7(6-14-9)5-10-11-13-15-12-10/h1-4,6H,5H2,(H,11,12). The van der Waals surface area contributed by atoms with Gasteiger partial charge in [-0.05, 0) is 22.4 Å². The Kier molecular flexibility index (Phi) is 2.26. The van der Waals surface area contributed by atoms with E-state index >= 15 is 0 Å². The molecule has 0 fully saturated rings. The van der Waals surface area contributed by atoms with E-state index in [0.717, 1.165) is 24.5 Å². The number of nitrogens with one attached hydrogen (secondary N) is 1. The molecule has 0 atom stereocenters. The summed E-state index contributed by atoms with van der Waals surface area (Å²) in [5, 5.41) is 7.38. The van der Waals surface area contributed by atoms with Crippen LogP contribution in [-0.2, 0) is 10.7 Å². The van der Waals surface area contributed by atoms with E-state index in [9.17, 15) is 0 Å². The van der Waals surface area contributed by atoms with Gasteiger partial charge >= 0.3 is 0 Å². The fraction of sp³-hybridized carbons (Fsp3) is 0.100. The Morgan fingerprint density at radius 2 is 2.27 bits per heavy atom. The normalized spacial score (nSPS) is 14.8. The van der Waals surface area contributed by atoms with Gasteiger partial charge in [-0.2, -0.15) is 0 Å². The molecule has 3 nitrogen and oxygen atoms in total. The molecule has 5 heteroatoms. The second-order valence-corrected chi connectivity index (χ2v) is 4.66. The fourth-order valence-corrected chi connectivity index (χ4v) is 2.90. The highest BCUT2D eigenvalue weighted by Gasteiger charge is 2.11. The summed E-state index contributed by atoms with van der Waals surface area (Å²) in [4.78, 5) is 0. The summed E-state index contributed by atoms with van der Waals surface area (Å²) < 4.78 is 9.14. The zero-order valence-corrected chi connectivity index (χ0v) is 9.40. The van der Waals surface area contributed by atoms with E-state index in [-0.39, 0.29) is 0 Å². The smallest absolute Gasteiger partial charge is 0.208 e. The molecule has 15 heavy (non-hydrogen) atoms. The van der Waals surface area contributed by atoms with Crippen LogP contribution in [0.25, 0.3) is 10.1 Å². The van der Waals surface area contributed by atoms with Gasteiger partial charge in [0.1, 0.15) is 0 Å². The molecule has 0 spiro atoms. The van der Waals surface area contributed by atoms with Gasteiger partial charge in [0.15, 0.2) is 5.84 Å². The second-order valence-electron chi connectivity index (χ2n) is 3.23. The molecule has 0 aliphatic carbocycles. The third-order valence-corrected chi connectivity index (χ3v) is 3.74. The maximum atomic E-state index is 4.81. The van der Waals surface area contributed by atoms with Crippen molar-refractivity contribution in [1.82, 2.24) is 4.72 Å². The summed E-state index contributed by atoms with van der Waals surface area (Å²) in [6, 6.07) is 8.41. The largest absolute Gasteiger partial charge is 0.297 e. The van der Waals surface area contributed by atoms with Gasteiger partial charge in [-0.25, -0.2) is 0 Å². The van der Waals surface area contributed by atoms with Crippen molar-refractivity contribution in [3.63, 3.8) is 0 Å². The van der Waals surface area contributed by atoms with Crippen LogP contribution >= 0.6 is 23.6 Å². The number of thiophene rings is 1. The molecule has 1 aromatic heterocycles. The second kappa shape index (κ2) is 3.75. The minimum atomic E-state index is 0.803. The lowest BCUT2D eigenvalue weighted by Crippen LogP contribution is -2.13. The number of hydrogen-bond acceptors (Lipinski definition) is 5. The third kappa shape index (κ3) is 1.68. The zero-order chi connectivity index (χ0) is 10.1.